The van der Waals surface area contributed by atoms with Crippen LogP contribution in [0.5, 0.6) is 0 Å². The summed E-state index contributed by atoms with van der Waals surface area (Å²) in [5.74, 6) is 1.88. The molecule has 6 rings (SSSR count). The summed E-state index contributed by atoms with van der Waals surface area (Å²) in [6.07, 6.45) is 1.65. The summed E-state index contributed by atoms with van der Waals surface area (Å²) in [6, 6.07) is 17.3. The standard InChI is InChI=1S/C25H19N5O2S2/c1-15-7-5-10-19(16(15)2)29-23(31)18-8-3-4-9-20(18)30-24(29)27-28-25(30)34-14-17-13-33-22(26-17)21-11-6-12-32-21/h3-13H,14H2,1-2H3. The number of thiazole rings is 1. The van der Waals surface area contributed by atoms with Crippen LogP contribution in [0.1, 0.15) is 16.8 Å². The number of furan rings is 1. The zero-order valence-electron chi connectivity index (χ0n) is 18.4. The number of aromatic nitrogens is 5. The number of benzene rings is 2. The molecule has 34 heavy (non-hydrogen) atoms. The van der Waals surface area contributed by atoms with E-state index in [1.807, 2.05) is 78.2 Å². The summed E-state index contributed by atoms with van der Waals surface area (Å²) < 4.78 is 9.08. The van der Waals surface area contributed by atoms with Gasteiger partial charge >= 0.3 is 0 Å². The molecule has 0 saturated heterocycles. The highest BCUT2D eigenvalue weighted by molar-refractivity contribution is 7.98. The maximum absolute atomic E-state index is 13.6. The zero-order chi connectivity index (χ0) is 23.2. The second-order valence-electron chi connectivity index (χ2n) is 7.90. The van der Waals surface area contributed by atoms with Gasteiger partial charge in [-0.1, -0.05) is 36.0 Å². The minimum absolute atomic E-state index is 0.108. The molecule has 4 aromatic heterocycles. The molecule has 0 aliphatic carbocycles. The minimum Gasteiger partial charge on any atom is -0.462 e. The van der Waals surface area contributed by atoms with Crippen molar-refractivity contribution in [1.82, 2.24) is 24.1 Å². The van der Waals surface area contributed by atoms with Crippen molar-refractivity contribution in [1.29, 1.82) is 0 Å². The Kier molecular flexibility index (Phi) is 5.08. The molecule has 4 heterocycles. The summed E-state index contributed by atoms with van der Waals surface area (Å²) in [5, 5.41) is 13.1. The van der Waals surface area contributed by atoms with E-state index in [1.54, 1.807) is 22.2 Å². The predicted molar refractivity (Wildman–Crippen MR) is 135 cm³/mol. The fourth-order valence-electron chi connectivity index (χ4n) is 3.99. The molecule has 2 aromatic carbocycles. The van der Waals surface area contributed by atoms with Gasteiger partial charge < -0.3 is 4.42 Å². The molecule has 0 amide bonds. The van der Waals surface area contributed by atoms with Crippen molar-refractivity contribution >= 4 is 39.8 Å². The van der Waals surface area contributed by atoms with Crippen LogP contribution >= 0.6 is 23.1 Å². The zero-order valence-corrected chi connectivity index (χ0v) is 20.1. The first kappa shape index (κ1) is 20.9. The molecule has 0 atom stereocenters. The van der Waals surface area contributed by atoms with Gasteiger partial charge in [0.25, 0.3) is 5.56 Å². The van der Waals surface area contributed by atoms with Gasteiger partial charge in [0.15, 0.2) is 15.9 Å². The van der Waals surface area contributed by atoms with Crippen LogP contribution in [0.2, 0.25) is 0 Å². The Bertz CT molecular complexity index is 1710. The smallest absolute Gasteiger partial charge is 0.267 e. The number of hydrogen-bond acceptors (Lipinski definition) is 7. The van der Waals surface area contributed by atoms with E-state index >= 15 is 0 Å². The number of thioether (sulfide) groups is 1. The lowest BCUT2D eigenvalue weighted by atomic mass is 10.1. The fourth-order valence-corrected chi connectivity index (χ4v) is 5.72. The van der Waals surface area contributed by atoms with Crippen molar-refractivity contribution < 1.29 is 4.42 Å². The summed E-state index contributed by atoms with van der Waals surface area (Å²) >= 11 is 3.09. The Morgan fingerprint density at radius 2 is 1.91 bits per heavy atom. The third-order valence-corrected chi connectivity index (χ3v) is 7.71. The number of rotatable bonds is 5. The van der Waals surface area contributed by atoms with Crippen molar-refractivity contribution in [2.45, 2.75) is 24.8 Å². The molecule has 0 saturated carbocycles. The van der Waals surface area contributed by atoms with E-state index in [2.05, 4.69) is 15.2 Å². The third-order valence-electron chi connectivity index (χ3n) is 5.84. The van der Waals surface area contributed by atoms with E-state index < -0.39 is 0 Å². The number of fused-ring (bicyclic) bond motifs is 3. The molecular formula is C25H19N5O2S2. The van der Waals surface area contributed by atoms with E-state index in [0.717, 1.165) is 38.8 Å². The van der Waals surface area contributed by atoms with Gasteiger partial charge in [-0.2, -0.15) is 0 Å². The Morgan fingerprint density at radius 3 is 2.76 bits per heavy atom. The van der Waals surface area contributed by atoms with Crippen molar-refractivity contribution in [3.63, 3.8) is 0 Å². The summed E-state index contributed by atoms with van der Waals surface area (Å²) in [4.78, 5) is 18.3. The van der Waals surface area contributed by atoms with E-state index in [1.165, 1.54) is 11.8 Å². The highest BCUT2D eigenvalue weighted by Gasteiger charge is 2.19. The first-order chi connectivity index (χ1) is 16.6. The van der Waals surface area contributed by atoms with Gasteiger partial charge in [0.05, 0.1) is 28.5 Å². The molecule has 6 aromatic rings. The SMILES string of the molecule is Cc1cccc(-n2c(=O)c3ccccc3n3c(SCc4csc(-c5ccco5)n4)nnc23)c1C. The lowest BCUT2D eigenvalue weighted by molar-refractivity contribution is 0.581. The lowest BCUT2D eigenvalue weighted by Crippen LogP contribution is -2.22. The van der Waals surface area contributed by atoms with Gasteiger partial charge in [-0.3, -0.25) is 9.20 Å². The maximum atomic E-state index is 13.6. The Morgan fingerprint density at radius 1 is 1.03 bits per heavy atom. The Labute approximate surface area is 202 Å². The first-order valence-electron chi connectivity index (χ1n) is 10.7. The molecule has 0 unspecified atom stereocenters. The predicted octanol–water partition coefficient (Wildman–Crippen LogP) is 5.66. The lowest BCUT2D eigenvalue weighted by Gasteiger charge is -2.14. The van der Waals surface area contributed by atoms with E-state index in [9.17, 15) is 4.79 Å². The highest BCUT2D eigenvalue weighted by Crippen LogP contribution is 2.29. The van der Waals surface area contributed by atoms with Crippen LogP contribution < -0.4 is 5.56 Å². The maximum Gasteiger partial charge on any atom is 0.267 e. The van der Waals surface area contributed by atoms with Crippen molar-refractivity contribution in [2.24, 2.45) is 0 Å². The van der Waals surface area contributed by atoms with E-state index in [0.29, 0.717) is 22.1 Å². The number of hydrogen-bond donors (Lipinski definition) is 0. The van der Waals surface area contributed by atoms with Crippen LogP contribution in [0.15, 0.2) is 80.6 Å². The molecule has 0 N–H and O–H groups in total. The molecule has 0 aliphatic heterocycles. The van der Waals surface area contributed by atoms with Gasteiger partial charge in [-0.25, -0.2) is 9.55 Å². The van der Waals surface area contributed by atoms with Gasteiger partial charge in [0.1, 0.15) is 0 Å². The van der Waals surface area contributed by atoms with Gasteiger partial charge in [-0.05, 0) is 55.3 Å². The summed E-state index contributed by atoms with van der Waals surface area (Å²) in [6.45, 7) is 4.06. The van der Waals surface area contributed by atoms with Crippen LogP contribution in [-0.2, 0) is 5.75 Å². The average Bonchev–Trinajstić information content (AvgIpc) is 3.61. The second-order valence-corrected chi connectivity index (χ2v) is 9.71. The summed E-state index contributed by atoms with van der Waals surface area (Å²) in [5.41, 5.74) is 4.57. The number of para-hydroxylation sites is 1. The molecule has 0 fully saturated rings. The van der Waals surface area contributed by atoms with E-state index in [-0.39, 0.29) is 5.56 Å². The van der Waals surface area contributed by atoms with Crippen LogP contribution in [-0.4, -0.2) is 24.1 Å². The van der Waals surface area contributed by atoms with Gasteiger partial charge in [-0.15, -0.1) is 21.5 Å². The minimum atomic E-state index is -0.108. The number of aryl methyl sites for hydroxylation is 1. The molecule has 168 valence electrons. The summed E-state index contributed by atoms with van der Waals surface area (Å²) in [7, 11) is 0. The Hall–Kier alpha value is -3.69. The molecular weight excluding hydrogens is 466 g/mol. The number of nitrogens with zero attached hydrogens (tertiary/aromatic N) is 5. The van der Waals surface area contributed by atoms with Crippen LogP contribution in [0.4, 0.5) is 0 Å². The quantitative estimate of drug-likeness (QED) is 0.293. The highest BCUT2D eigenvalue weighted by atomic mass is 32.2. The van der Waals surface area contributed by atoms with Crippen molar-refractivity contribution in [3.05, 3.63) is 93.4 Å². The van der Waals surface area contributed by atoms with Gasteiger partial charge in [0.2, 0.25) is 5.78 Å². The third kappa shape index (κ3) is 3.36. The normalized spacial score (nSPS) is 11.6. The fraction of sp³-hybridized carbons (Fsp3) is 0.120. The molecule has 0 aliphatic rings. The Balaban J connectivity index is 1.47. The van der Waals surface area contributed by atoms with Crippen LogP contribution in [0, 0.1) is 13.8 Å². The van der Waals surface area contributed by atoms with Crippen molar-refractivity contribution in [3.8, 4) is 16.5 Å². The monoisotopic (exact) mass is 485 g/mol. The second kappa shape index (κ2) is 8.27. The largest absolute Gasteiger partial charge is 0.462 e. The van der Waals surface area contributed by atoms with Crippen LogP contribution in [0.25, 0.3) is 33.1 Å². The molecule has 0 radical (unpaired) electrons. The van der Waals surface area contributed by atoms with Gasteiger partial charge in [0, 0.05) is 11.1 Å². The topological polar surface area (TPSA) is 78.2 Å². The average molecular weight is 486 g/mol. The molecule has 0 bridgehead atoms. The molecule has 9 heteroatoms. The first-order valence-corrected chi connectivity index (χ1v) is 12.5. The molecule has 0 spiro atoms. The van der Waals surface area contributed by atoms with Crippen LogP contribution in [0.3, 0.4) is 0 Å². The van der Waals surface area contributed by atoms with Crippen molar-refractivity contribution in [2.75, 3.05) is 0 Å². The van der Waals surface area contributed by atoms with E-state index in [4.69, 9.17) is 4.42 Å². The molecule has 7 nitrogen and oxygen atoms in total.